The van der Waals surface area contributed by atoms with Crippen molar-refractivity contribution in [3.8, 4) is 0 Å². The SMILES string of the molecule is CC/C=C\C/C=C\C/C=C\C/C=C\C/C=C\C/C=C\C/C=C\CCCCCCCCCCCCCCCC(=O)NC(COC1OC(CO)C(OC2OC(CO)C(O)C(O)C2O)C(O)C1O)C(O)/C=C/CC/C=C/CCCCCCCCCCCCCCCCC. The smallest absolute Gasteiger partial charge is 0.220 e. The van der Waals surface area contributed by atoms with Gasteiger partial charge in [-0.1, -0.05) is 284 Å². The molecule has 14 nitrogen and oxygen atoms in total. The third-order valence-corrected chi connectivity index (χ3v) is 16.9. The Labute approximate surface area is 546 Å². The van der Waals surface area contributed by atoms with E-state index in [1.54, 1.807) is 6.08 Å². The predicted octanol–water partition coefficient (Wildman–Crippen LogP) is 15.1. The number of aliphatic hydroxyl groups excluding tert-OH is 8. The van der Waals surface area contributed by atoms with Crippen molar-refractivity contribution in [2.75, 3.05) is 19.8 Å². The highest BCUT2D eigenvalue weighted by Gasteiger charge is 2.51. The minimum Gasteiger partial charge on any atom is -0.394 e. The van der Waals surface area contributed by atoms with Gasteiger partial charge in [-0.05, 0) is 89.9 Å². The van der Waals surface area contributed by atoms with Crippen LogP contribution in [0.2, 0.25) is 0 Å². The summed E-state index contributed by atoms with van der Waals surface area (Å²) in [6.45, 7) is 2.68. The van der Waals surface area contributed by atoms with E-state index in [4.69, 9.17) is 18.9 Å². The van der Waals surface area contributed by atoms with Crippen molar-refractivity contribution >= 4 is 5.91 Å². The van der Waals surface area contributed by atoms with Gasteiger partial charge in [-0.3, -0.25) is 4.79 Å². The highest BCUT2D eigenvalue weighted by molar-refractivity contribution is 5.76. The number of allylic oxidation sites excluding steroid dienone is 17. The van der Waals surface area contributed by atoms with Crippen LogP contribution in [0, 0.1) is 0 Å². The minimum absolute atomic E-state index is 0.252. The van der Waals surface area contributed by atoms with E-state index in [0.717, 1.165) is 83.5 Å². The van der Waals surface area contributed by atoms with Crippen molar-refractivity contribution < 1.29 is 64.6 Å². The van der Waals surface area contributed by atoms with Crippen molar-refractivity contribution in [1.82, 2.24) is 5.32 Å². The molecule has 0 aromatic carbocycles. The van der Waals surface area contributed by atoms with Gasteiger partial charge >= 0.3 is 0 Å². The van der Waals surface area contributed by atoms with E-state index >= 15 is 0 Å². The Morgan fingerprint density at radius 1 is 0.411 bits per heavy atom. The number of hydrogen-bond acceptors (Lipinski definition) is 13. The fourth-order valence-corrected chi connectivity index (χ4v) is 11.2. The second-order valence-electron chi connectivity index (χ2n) is 25.0. The Bertz CT molecular complexity index is 1930. The largest absolute Gasteiger partial charge is 0.394 e. The Balaban J connectivity index is 1.66. The fourth-order valence-electron chi connectivity index (χ4n) is 11.2. The monoisotopic (exact) mass is 1270 g/mol. The standard InChI is InChI=1S/C76H131NO13/c1-3-5-7-9-11-13-15-17-19-21-23-25-26-27-28-29-30-31-32-33-34-35-36-37-38-40-42-44-46-48-50-52-54-56-58-60-68(81)77-64(65(80)59-57-55-53-51-49-47-45-43-41-39-24-22-20-18-16-14-12-10-8-6-4-2)63-87-75-73(86)71(84)74(67(62-79)89-75)90-76-72(85)70(83)69(82)66(61-78)88-76/h5,7,11,13,17,19,23,25,27-28,30-31,33-34,49,51,57,59,64-67,69-76,78-80,82-86H,3-4,6,8-10,12,14-16,18,20-22,24,26,29,32,35-48,50,52-56,58,60-63H2,1-2H3,(H,77,81)/b7-5-,13-11-,19-17-,25-23-,28-27-,31-30-,34-33-,51-49+,59-57+. The lowest BCUT2D eigenvalue weighted by Gasteiger charge is -2.46. The number of carbonyl (C=O) groups is 1. The number of nitrogens with one attached hydrogen (secondary N) is 1. The molecule has 2 heterocycles. The summed E-state index contributed by atoms with van der Waals surface area (Å²) in [6.07, 6.45) is 68.6. The molecule has 90 heavy (non-hydrogen) atoms. The van der Waals surface area contributed by atoms with Crippen LogP contribution in [0.1, 0.15) is 271 Å². The third kappa shape index (κ3) is 42.8. The molecule has 2 aliphatic heterocycles. The topological polar surface area (TPSA) is 228 Å². The summed E-state index contributed by atoms with van der Waals surface area (Å²) in [4.78, 5) is 13.3. The fraction of sp³-hybridized carbons (Fsp3) is 0.750. The van der Waals surface area contributed by atoms with Crippen LogP contribution < -0.4 is 5.32 Å². The Morgan fingerprint density at radius 2 is 0.778 bits per heavy atom. The maximum atomic E-state index is 13.3. The van der Waals surface area contributed by atoms with Gasteiger partial charge in [-0.15, -0.1) is 0 Å². The number of carbonyl (C=O) groups excluding carboxylic acids is 1. The van der Waals surface area contributed by atoms with E-state index in [9.17, 15) is 45.6 Å². The van der Waals surface area contributed by atoms with E-state index in [0.29, 0.717) is 12.8 Å². The van der Waals surface area contributed by atoms with Crippen LogP contribution >= 0.6 is 0 Å². The molecule has 0 aliphatic carbocycles. The van der Waals surface area contributed by atoms with Crippen molar-refractivity contribution in [2.45, 2.75) is 344 Å². The van der Waals surface area contributed by atoms with Crippen LogP contribution in [-0.2, 0) is 23.7 Å². The first-order valence-electron chi connectivity index (χ1n) is 36.1. The molecule has 1 amide bonds. The van der Waals surface area contributed by atoms with Crippen LogP contribution in [0.25, 0.3) is 0 Å². The Kier molecular flexibility index (Phi) is 54.6. The van der Waals surface area contributed by atoms with Crippen LogP contribution in [0.15, 0.2) is 109 Å². The van der Waals surface area contributed by atoms with Crippen LogP contribution in [0.3, 0.4) is 0 Å². The first-order valence-corrected chi connectivity index (χ1v) is 36.1. The normalized spacial score (nSPS) is 23.6. The molecule has 9 N–H and O–H groups in total. The first kappa shape index (κ1) is 82.7. The number of amides is 1. The van der Waals surface area contributed by atoms with Crippen LogP contribution in [0.5, 0.6) is 0 Å². The van der Waals surface area contributed by atoms with Gasteiger partial charge in [0, 0.05) is 6.42 Å². The Morgan fingerprint density at radius 3 is 1.22 bits per heavy atom. The summed E-state index contributed by atoms with van der Waals surface area (Å²) in [5.74, 6) is -0.252. The molecule has 2 aliphatic rings. The summed E-state index contributed by atoms with van der Waals surface area (Å²) in [6, 6.07) is -0.940. The summed E-state index contributed by atoms with van der Waals surface area (Å²) < 4.78 is 22.8. The second kappa shape index (κ2) is 59.4. The van der Waals surface area contributed by atoms with E-state index < -0.39 is 86.8 Å². The summed E-state index contributed by atoms with van der Waals surface area (Å²) >= 11 is 0. The average Bonchev–Trinajstić information content (AvgIpc) is 1.28. The molecule has 0 aromatic heterocycles. The molecule has 0 saturated carbocycles. The lowest BCUT2D eigenvalue weighted by atomic mass is 9.97. The van der Waals surface area contributed by atoms with Gasteiger partial charge in [0.2, 0.25) is 5.91 Å². The molecule has 2 fully saturated rings. The summed E-state index contributed by atoms with van der Waals surface area (Å²) in [7, 11) is 0. The van der Waals surface area contributed by atoms with Gasteiger partial charge in [0.1, 0.15) is 48.8 Å². The minimum atomic E-state index is -1.80. The zero-order chi connectivity index (χ0) is 65.2. The molecular formula is C76H131NO13. The molecule has 0 aromatic rings. The van der Waals surface area contributed by atoms with Gasteiger partial charge < -0.3 is 65.1 Å². The van der Waals surface area contributed by atoms with Crippen molar-refractivity contribution in [1.29, 1.82) is 0 Å². The summed E-state index contributed by atoms with van der Waals surface area (Å²) in [5, 5.41) is 87.4. The Hall–Kier alpha value is -3.35. The second-order valence-corrected chi connectivity index (χ2v) is 25.0. The van der Waals surface area contributed by atoms with E-state index in [1.165, 1.54) is 154 Å². The van der Waals surface area contributed by atoms with Gasteiger partial charge in [0.05, 0.1) is 32.0 Å². The van der Waals surface area contributed by atoms with Crippen molar-refractivity contribution in [3.05, 3.63) is 109 Å². The quantitative estimate of drug-likeness (QED) is 0.0204. The van der Waals surface area contributed by atoms with Gasteiger partial charge in [-0.25, -0.2) is 0 Å². The zero-order valence-electron chi connectivity index (χ0n) is 56.3. The maximum absolute atomic E-state index is 13.3. The summed E-state index contributed by atoms with van der Waals surface area (Å²) in [5.41, 5.74) is 0. The lowest BCUT2D eigenvalue weighted by molar-refractivity contribution is -0.359. The number of unbranched alkanes of at least 4 members (excludes halogenated alkanes) is 29. The van der Waals surface area contributed by atoms with Crippen molar-refractivity contribution in [2.24, 2.45) is 0 Å². The highest BCUT2D eigenvalue weighted by atomic mass is 16.7. The zero-order valence-corrected chi connectivity index (χ0v) is 56.3. The molecule has 12 unspecified atom stereocenters. The number of hydrogen-bond donors (Lipinski definition) is 9. The number of aliphatic hydroxyl groups is 8. The van der Waals surface area contributed by atoms with Gasteiger partial charge in [0.15, 0.2) is 12.6 Å². The molecule has 2 saturated heterocycles. The molecule has 2 rings (SSSR count). The maximum Gasteiger partial charge on any atom is 0.220 e. The predicted molar refractivity (Wildman–Crippen MR) is 369 cm³/mol. The molecular weight excluding hydrogens is 1130 g/mol. The lowest BCUT2D eigenvalue weighted by Crippen LogP contribution is -2.65. The molecule has 518 valence electrons. The van der Waals surface area contributed by atoms with E-state index in [-0.39, 0.29) is 18.9 Å². The first-order chi connectivity index (χ1) is 44.1. The number of ether oxygens (including phenoxy) is 4. The third-order valence-electron chi connectivity index (χ3n) is 16.9. The van der Waals surface area contributed by atoms with Crippen LogP contribution in [-0.4, -0.2) is 140 Å². The number of rotatable bonds is 58. The molecule has 0 spiro atoms. The van der Waals surface area contributed by atoms with Crippen LogP contribution in [0.4, 0.5) is 0 Å². The molecule has 0 bridgehead atoms. The molecule has 14 heteroatoms. The van der Waals surface area contributed by atoms with Gasteiger partial charge in [-0.2, -0.15) is 0 Å². The molecule has 12 atom stereocenters. The molecule has 0 radical (unpaired) electrons. The highest BCUT2D eigenvalue weighted by Crippen LogP contribution is 2.30. The average molecular weight is 1270 g/mol. The van der Waals surface area contributed by atoms with Crippen molar-refractivity contribution in [3.63, 3.8) is 0 Å². The van der Waals surface area contributed by atoms with E-state index in [1.807, 2.05) is 6.08 Å². The van der Waals surface area contributed by atoms with E-state index in [2.05, 4.69) is 116 Å². The van der Waals surface area contributed by atoms with Gasteiger partial charge in [0.25, 0.3) is 0 Å².